The van der Waals surface area contributed by atoms with Crippen LogP contribution in [0, 0.1) is 0 Å². The van der Waals surface area contributed by atoms with Gasteiger partial charge in [0.2, 0.25) is 0 Å². The van der Waals surface area contributed by atoms with Crippen LogP contribution in [0.25, 0.3) is 0 Å². The van der Waals surface area contributed by atoms with Crippen molar-refractivity contribution in [3.05, 3.63) is 37.7 Å². The van der Waals surface area contributed by atoms with Crippen molar-refractivity contribution in [2.24, 2.45) is 4.99 Å². The number of hydrogen-bond acceptors (Lipinski definition) is 3. The van der Waals surface area contributed by atoms with Crippen molar-refractivity contribution in [2.75, 3.05) is 12.3 Å². The molecule has 2 nitrogen and oxygen atoms in total. The second-order valence-corrected chi connectivity index (χ2v) is 3.89. The summed E-state index contributed by atoms with van der Waals surface area (Å²) >= 11 is 1.65. The largest absolute Gasteiger partial charge is 0.370 e. The first-order chi connectivity index (χ1) is 6.70. The SMILES string of the molecule is C=CCCNC(=C)N=C(C)SCC=C. The third kappa shape index (κ3) is 7.68. The van der Waals surface area contributed by atoms with Gasteiger partial charge in [0.25, 0.3) is 0 Å². The summed E-state index contributed by atoms with van der Waals surface area (Å²) in [6.07, 6.45) is 4.65. The lowest BCUT2D eigenvalue weighted by atomic mass is 10.4. The van der Waals surface area contributed by atoms with E-state index in [0.29, 0.717) is 5.82 Å². The first kappa shape index (κ1) is 13.0. The van der Waals surface area contributed by atoms with Crippen LogP contribution in [0.5, 0.6) is 0 Å². The van der Waals surface area contributed by atoms with Crippen LogP contribution in [-0.2, 0) is 0 Å². The van der Waals surface area contributed by atoms with E-state index in [4.69, 9.17) is 0 Å². The van der Waals surface area contributed by atoms with Gasteiger partial charge in [0.1, 0.15) is 5.82 Å². The van der Waals surface area contributed by atoms with Crippen molar-refractivity contribution < 1.29 is 0 Å². The molecular formula is C11H18N2S. The molecule has 0 aromatic rings. The lowest BCUT2D eigenvalue weighted by Crippen LogP contribution is -2.12. The van der Waals surface area contributed by atoms with Gasteiger partial charge >= 0.3 is 0 Å². The predicted molar refractivity (Wildman–Crippen MR) is 67.7 cm³/mol. The monoisotopic (exact) mass is 210 g/mol. The van der Waals surface area contributed by atoms with E-state index in [-0.39, 0.29) is 0 Å². The predicted octanol–water partition coefficient (Wildman–Crippen LogP) is 2.96. The molecule has 1 N–H and O–H groups in total. The molecule has 0 aromatic heterocycles. The highest BCUT2D eigenvalue weighted by atomic mass is 32.2. The van der Waals surface area contributed by atoms with E-state index in [1.165, 1.54) is 0 Å². The highest BCUT2D eigenvalue weighted by Crippen LogP contribution is 2.05. The van der Waals surface area contributed by atoms with Crippen molar-refractivity contribution in [3.8, 4) is 0 Å². The van der Waals surface area contributed by atoms with Crippen molar-refractivity contribution in [1.82, 2.24) is 5.32 Å². The number of rotatable bonds is 7. The molecule has 0 saturated heterocycles. The Morgan fingerprint density at radius 2 is 2.14 bits per heavy atom. The standard InChI is InChI=1S/C11H18N2S/c1-5-7-8-12-10(3)13-11(4)14-9-6-2/h5-6,12H,1-3,7-9H2,4H3. The van der Waals surface area contributed by atoms with Crippen molar-refractivity contribution in [1.29, 1.82) is 0 Å². The van der Waals surface area contributed by atoms with E-state index in [0.717, 1.165) is 23.8 Å². The molecule has 0 atom stereocenters. The summed E-state index contributed by atoms with van der Waals surface area (Å²) in [7, 11) is 0. The molecule has 0 heterocycles. The van der Waals surface area contributed by atoms with E-state index in [1.807, 2.05) is 19.1 Å². The van der Waals surface area contributed by atoms with Gasteiger partial charge in [-0.05, 0) is 13.3 Å². The molecule has 0 amide bonds. The zero-order valence-corrected chi connectivity index (χ0v) is 9.57. The van der Waals surface area contributed by atoms with Crippen LogP contribution in [0.15, 0.2) is 42.7 Å². The number of hydrogen-bond donors (Lipinski definition) is 1. The Bertz CT molecular complexity index is 231. The van der Waals surface area contributed by atoms with Crippen molar-refractivity contribution in [3.63, 3.8) is 0 Å². The molecule has 0 unspecified atom stereocenters. The Morgan fingerprint density at radius 3 is 2.71 bits per heavy atom. The molecular weight excluding hydrogens is 192 g/mol. The van der Waals surface area contributed by atoms with Crippen LogP contribution in [0.1, 0.15) is 13.3 Å². The average Bonchev–Trinajstić information content (AvgIpc) is 2.15. The van der Waals surface area contributed by atoms with Gasteiger partial charge in [-0.1, -0.05) is 18.7 Å². The Labute approximate surface area is 90.9 Å². The maximum absolute atomic E-state index is 4.28. The van der Waals surface area contributed by atoms with Crippen molar-refractivity contribution in [2.45, 2.75) is 13.3 Å². The Balaban J connectivity index is 3.76. The molecule has 3 heteroatoms. The van der Waals surface area contributed by atoms with Gasteiger partial charge < -0.3 is 5.32 Å². The average molecular weight is 210 g/mol. The quantitative estimate of drug-likeness (QED) is 0.302. The Hall–Kier alpha value is -0.960. The number of nitrogens with zero attached hydrogens (tertiary/aromatic N) is 1. The summed E-state index contributed by atoms with van der Waals surface area (Å²) in [6, 6.07) is 0. The second-order valence-electron chi connectivity index (χ2n) is 2.68. The van der Waals surface area contributed by atoms with Crippen LogP contribution in [0.2, 0.25) is 0 Å². The van der Waals surface area contributed by atoms with E-state index >= 15 is 0 Å². The van der Waals surface area contributed by atoms with Crippen LogP contribution in [0.4, 0.5) is 0 Å². The summed E-state index contributed by atoms with van der Waals surface area (Å²) in [5.74, 6) is 1.59. The van der Waals surface area contributed by atoms with Crippen LogP contribution < -0.4 is 5.32 Å². The fourth-order valence-electron chi connectivity index (χ4n) is 0.760. The van der Waals surface area contributed by atoms with Gasteiger partial charge in [0.15, 0.2) is 0 Å². The van der Waals surface area contributed by atoms with E-state index in [9.17, 15) is 0 Å². The molecule has 78 valence electrons. The normalized spacial score (nSPS) is 10.8. The minimum Gasteiger partial charge on any atom is -0.370 e. The molecule has 0 aliphatic carbocycles. The number of aliphatic imine (C=N–C) groups is 1. The lowest BCUT2D eigenvalue weighted by molar-refractivity contribution is 0.798. The minimum absolute atomic E-state index is 0.709. The van der Waals surface area contributed by atoms with E-state index in [1.54, 1.807) is 11.8 Å². The maximum Gasteiger partial charge on any atom is 0.119 e. The maximum atomic E-state index is 4.28. The summed E-state index contributed by atoms with van der Waals surface area (Å²) in [4.78, 5) is 4.28. The fraction of sp³-hybridized carbons (Fsp3) is 0.364. The summed E-state index contributed by atoms with van der Waals surface area (Å²) < 4.78 is 0. The van der Waals surface area contributed by atoms with Gasteiger partial charge in [-0.3, -0.25) is 0 Å². The molecule has 0 bridgehead atoms. The van der Waals surface area contributed by atoms with Gasteiger partial charge in [-0.2, -0.15) is 0 Å². The number of thioether (sulfide) groups is 1. The highest BCUT2D eigenvalue weighted by Gasteiger charge is 1.92. The highest BCUT2D eigenvalue weighted by molar-refractivity contribution is 8.14. The Kier molecular flexibility index (Phi) is 8.04. The molecule has 0 rings (SSSR count). The van der Waals surface area contributed by atoms with Gasteiger partial charge in [-0.25, -0.2) is 4.99 Å². The topological polar surface area (TPSA) is 24.4 Å². The smallest absolute Gasteiger partial charge is 0.119 e. The third-order valence-electron chi connectivity index (χ3n) is 1.38. The first-order valence-corrected chi connectivity index (χ1v) is 5.52. The third-order valence-corrected chi connectivity index (χ3v) is 2.29. The van der Waals surface area contributed by atoms with Crippen LogP contribution in [0.3, 0.4) is 0 Å². The Morgan fingerprint density at radius 1 is 1.43 bits per heavy atom. The molecule has 0 aliphatic heterocycles. The van der Waals surface area contributed by atoms with Gasteiger partial charge in [-0.15, -0.1) is 24.9 Å². The molecule has 0 aliphatic rings. The van der Waals surface area contributed by atoms with E-state index in [2.05, 4.69) is 30.0 Å². The molecule has 0 fully saturated rings. The zero-order chi connectivity index (χ0) is 10.8. The van der Waals surface area contributed by atoms with E-state index < -0.39 is 0 Å². The second kappa shape index (κ2) is 8.63. The molecule has 0 aromatic carbocycles. The van der Waals surface area contributed by atoms with Crippen molar-refractivity contribution >= 4 is 16.8 Å². The zero-order valence-electron chi connectivity index (χ0n) is 8.75. The first-order valence-electron chi connectivity index (χ1n) is 4.53. The molecule has 0 saturated carbocycles. The van der Waals surface area contributed by atoms with Gasteiger partial charge in [0.05, 0.1) is 5.04 Å². The summed E-state index contributed by atoms with van der Waals surface area (Å²) in [5.41, 5.74) is 0. The molecule has 14 heavy (non-hydrogen) atoms. The van der Waals surface area contributed by atoms with Gasteiger partial charge in [0, 0.05) is 12.3 Å². The van der Waals surface area contributed by atoms with Crippen LogP contribution >= 0.6 is 11.8 Å². The van der Waals surface area contributed by atoms with Crippen LogP contribution in [-0.4, -0.2) is 17.3 Å². The molecule has 0 radical (unpaired) electrons. The summed E-state index contributed by atoms with van der Waals surface area (Å²) in [5, 5.41) is 4.10. The summed E-state index contributed by atoms with van der Waals surface area (Å²) in [6.45, 7) is 13.9. The minimum atomic E-state index is 0.709. The fourth-order valence-corrected chi connectivity index (χ4v) is 1.29. The lowest BCUT2D eigenvalue weighted by Gasteiger charge is -2.04. The number of nitrogens with one attached hydrogen (secondary N) is 1. The molecule has 0 spiro atoms.